The third-order valence-electron chi connectivity index (χ3n) is 4.14. The van der Waals surface area contributed by atoms with E-state index in [9.17, 15) is 20.0 Å². The van der Waals surface area contributed by atoms with Crippen LogP contribution < -0.4 is 0 Å². The highest BCUT2D eigenvalue weighted by atomic mass is 16.6. The van der Waals surface area contributed by atoms with E-state index in [0.29, 0.717) is 6.54 Å². The first-order valence-electron chi connectivity index (χ1n) is 7.13. The SMILES string of the molecule is Cc1cc(C(=O)N2CCCC[C@H]2CO)c([N+](=O)[O-])cc1C. The number of nitro groups is 1. The van der Waals surface area contributed by atoms with Crippen molar-refractivity contribution in [3.05, 3.63) is 38.9 Å². The van der Waals surface area contributed by atoms with Gasteiger partial charge in [-0.05, 0) is 50.3 Å². The van der Waals surface area contributed by atoms with Crippen LogP contribution in [0.5, 0.6) is 0 Å². The quantitative estimate of drug-likeness (QED) is 0.683. The number of carbonyl (C=O) groups is 1. The molecule has 1 fully saturated rings. The van der Waals surface area contributed by atoms with E-state index in [2.05, 4.69) is 0 Å². The van der Waals surface area contributed by atoms with Crippen molar-refractivity contribution in [1.29, 1.82) is 0 Å². The minimum Gasteiger partial charge on any atom is -0.394 e. The van der Waals surface area contributed by atoms with E-state index < -0.39 is 4.92 Å². The molecule has 1 aromatic rings. The smallest absolute Gasteiger partial charge is 0.282 e. The molecule has 0 aromatic heterocycles. The Bertz CT molecular complexity index is 571. The molecule has 0 unspecified atom stereocenters. The number of nitrogens with zero attached hydrogens (tertiary/aromatic N) is 2. The molecule has 1 heterocycles. The van der Waals surface area contributed by atoms with Crippen molar-refractivity contribution >= 4 is 11.6 Å². The van der Waals surface area contributed by atoms with Gasteiger partial charge in [-0.3, -0.25) is 14.9 Å². The zero-order valence-corrected chi connectivity index (χ0v) is 12.3. The summed E-state index contributed by atoms with van der Waals surface area (Å²) in [5.74, 6) is -0.358. The van der Waals surface area contributed by atoms with Crippen LogP contribution in [0.1, 0.15) is 40.7 Å². The normalized spacial score (nSPS) is 18.6. The van der Waals surface area contributed by atoms with E-state index in [1.807, 2.05) is 6.92 Å². The summed E-state index contributed by atoms with van der Waals surface area (Å²) in [5.41, 5.74) is 1.59. The molecule has 6 nitrogen and oxygen atoms in total. The van der Waals surface area contributed by atoms with Crippen molar-refractivity contribution in [3.8, 4) is 0 Å². The molecule has 1 atom stereocenters. The van der Waals surface area contributed by atoms with Crippen molar-refractivity contribution in [2.45, 2.75) is 39.2 Å². The van der Waals surface area contributed by atoms with Gasteiger partial charge in [-0.25, -0.2) is 0 Å². The van der Waals surface area contributed by atoms with Crippen LogP contribution in [0, 0.1) is 24.0 Å². The average Bonchev–Trinajstić information content (AvgIpc) is 2.48. The van der Waals surface area contributed by atoms with Crippen molar-refractivity contribution in [2.24, 2.45) is 0 Å². The van der Waals surface area contributed by atoms with E-state index in [-0.39, 0.29) is 29.8 Å². The van der Waals surface area contributed by atoms with Gasteiger partial charge in [0.05, 0.1) is 17.6 Å². The lowest BCUT2D eigenvalue weighted by Gasteiger charge is -2.34. The van der Waals surface area contributed by atoms with E-state index in [4.69, 9.17) is 0 Å². The third kappa shape index (κ3) is 3.05. The number of hydrogen-bond acceptors (Lipinski definition) is 4. The molecule has 21 heavy (non-hydrogen) atoms. The van der Waals surface area contributed by atoms with Crippen LogP contribution in [0.3, 0.4) is 0 Å². The number of likely N-dealkylation sites (tertiary alicyclic amines) is 1. The maximum atomic E-state index is 12.7. The Balaban J connectivity index is 2.42. The number of hydrogen-bond donors (Lipinski definition) is 1. The molecule has 1 amide bonds. The molecule has 1 saturated heterocycles. The van der Waals surface area contributed by atoms with Gasteiger partial charge >= 0.3 is 0 Å². The lowest BCUT2D eigenvalue weighted by molar-refractivity contribution is -0.385. The first-order chi connectivity index (χ1) is 9.95. The second-order valence-corrected chi connectivity index (χ2v) is 5.54. The van der Waals surface area contributed by atoms with Crippen molar-refractivity contribution in [1.82, 2.24) is 4.90 Å². The lowest BCUT2D eigenvalue weighted by Crippen LogP contribution is -2.45. The number of rotatable bonds is 3. The fraction of sp³-hybridized carbons (Fsp3) is 0.533. The summed E-state index contributed by atoms with van der Waals surface area (Å²) in [6, 6.07) is 2.78. The van der Waals surface area contributed by atoms with Gasteiger partial charge in [0.25, 0.3) is 11.6 Å². The van der Waals surface area contributed by atoms with Crippen LogP contribution in [0.2, 0.25) is 0 Å². The number of carbonyl (C=O) groups excluding carboxylic acids is 1. The van der Waals surface area contributed by atoms with E-state index in [1.54, 1.807) is 17.9 Å². The van der Waals surface area contributed by atoms with Gasteiger partial charge in [0.15, 0.2) is 0 Å². The number of benzene rings is 1. The van der Waals surface area contributed by atoms with Gasteiger partial charge in [-0.15, -0.1) is 0 Å². The Hall–Kier alpha value is -1.95. The van der Waals surface area contributed by atoms with Gasteiger partial charge in [0.1, 0.15) is 5.56 Å². The van der Waals surface area contributed by atoms with Gasteiger partial charge < -0.3 is 10.0 Å². The monoisotopic (exact) mass is 292 g/mol. The minimum absolute atomic E-state index is 0.107. The molecule has 0 aliphatic carbocycles. The zero-order chi connectivity index (χ0) is 15.6. The first kappa shape index (κ1) is 15.4. The second-order valence-electron chi connectivity index (χ2n) is 5.54. The fourth-order valence-corrected chi connectivity index (χ4v) is 2.74. The molecule has 1 N–H and O–H groups in total. The maximum Gasteiger partial charge on any atom is 0.282 e. The number of aliphatic hydroxyl groups is 1. The van der Waals surface area contributed by atoms with E-state index in [0.717, 1.165) is 30.4 Å². The Morgan fingerprint density at radius 2 is 2.05 bits per heavy atom. The highest BCUT2D eigenvalue weighted by Crippen LogP contribution is 2.27. The van der Waals surface area contributed by atoms with Crippen molar-refractivity contribution in [2.75, 3.05) is 13.2 Å². The van der Waals surface area contributed by atoms with Crippen LogP contribution >= 0.6 is 0 Å². The summed E-state index contributed by atoms with van der Waals surface area (Å²) >= 11 is 0. The summed E-state index contributed by atoms with van der Waals surface area (Å²) in [6.45, 7) is 4.04. The predicted molar refractivity (Wildman–Crippen MR) is 78.3 cm³/mol. The molecule has 1 aliphatic heterocycles. The van der Waals surface area contributed by atoms with Gasteiger partial charge in [-0.1, -0.05) is 0 Å². The summed E-state index contributed by atoms with van der Waals surface area (Å²) in [7, 11) is 0. The number of aliphatic hydroxyl groups excluding tert-OH is 1. The number of amides is 1. The van der Waals surface area contributed by atoms with Gasteiger partial charge in [0, 0.05) is 12.6 Å². The summed E-state index contributed by atoms with van der Waals surface area (Å²) in [6.07, 6.45) is 2.56. The highest BCUT2D eigenvalue weighted by molar-refractivity contribution is 5.98. The van der Waals surface area contributed by atoms with E-state index >= 15 is 0 Å². The Morgan fingerprint density at radius 1 is 1.38 bits per heavy atom. The van der Waals surface area contributed by atoms with Crippen LogP contribution in [-0.2, 0) is 0 Å². The van der Waals surface area contributed by atoms with Gasteiger partial charge in [0.2, 0.25) is 0 Å². The molecule has 0 saturated carbocycles. The van der Waals surface area contributed by atoms with Crippen molar-refractivity contribution < 1.29 is 14.8 Å². The topological polar surface area (TPSA) is 83.7 Å². The molecule has 1 aliphatic rings. The number of piperidine rings is 1. The van der Waals surface area contributed by atoms with Crippen LogP contribution in [0.15, 0.2) is 12.1 Å². The standard InChI is InChI=1S/C15H20N2O4/c1-10-7-13(14(17(20)21)8-11(10)2)15(19)16-6-4-3-5-12(16)9-18/h7-8,12,18H,3-6,9H2,1-2H3/t12-/m0/s1. The molecule has 0 radical (unpaired) electrons. The lowest BCUT2D eigenvalue weighted by atomic mass is 9.99. The van der Waals surface area contributed by atoms with Gasteiger partial charge in [-0.2, -0.15) is 0 Å². The fourth-order valence-electron chi connectivity index (χ4n) is 2.74. The zero-order valence-electron chi connectivity index (χ0n) is 12.3. The molecule has 114 valence electrons. The molecular weight excluding hydrogens is 272 g/mol. The molecule has 6 heteroatoms. The van der Waals surface area contributed by atoms with Crippen LogP contribution in [-0.4, -0.2) is 40.0 Å². The Labute approximate surface area is 123 Å². The maximum absolute atomic E-state index is 12.7. The summed E-state index contributed by atoms with van der Waals surface area (Å²) < 4.78 is 0. The number of aryl methyl sites for hydroxylation is 2. The van der Waals surface area contributed by atoms with Crippen LogP contribution in [0.4, 0.5) is 5.69 Å². The predicted octanol–water partition coefficient (Wildman–Crippen LogP) is 2.20. The Kier molecular flexibility index (Phi) is 4.57. The van der Waals surface area contributed by atoms with Crippen molar-refractivity contribution in [3.63, 3.8) is 0 Å². The Morgan fingerprint density at radius 3 is 2.67 bits per heavy atom. The molecule has 1 aromatic carbocycles. The number of nitro benzene ring substituents is 1. The minimum atomic E-state index is -0.516. The summed E-state index contributed by atoms with van der Waals surface area (Å²) in [5, 5.41) is 20.6. The molecule has 2 rings (SSSR count). The van der Waals surface area contributed by atoms with Crippen LogP contribution in [0.25, 0.3) is 0 Å². The largest absolute Gasteiger partial charge is 0.394 e. The summed E-state index contributed by atoms with van der Waals surface area (Å²) in [4.78, 5) is 24.9. The molecule has 0 spiro atoms. The average molecular weight is 292 g/mol. The second kappa shape index (κ2) is 6.22. The third-order valence-corrected chi connectivity index (χ3v) is 4.14. The highest BCUT2D eigenvalue weighted by Gasteiger charge is 2.31. The molecule has 0 bridgehead atoms. The molecular formula is C15H20N2O4. The van der Waals surface area contributed by atoms with E-state index in [1.165, 1.54) is 6.07 Å². The first-order valence-corrected chi connectivity index (χ1v) is 7.13.